The monoisotopic (exact) mass is 238 g/mol. The lowest BCUT2D eigenvalue weighted by Gasteiger charge is -2.38. The van der Waals surface area contributed by atoms with Gasteiger partial charge in [-0.3, -0.25) is 0 Å². The van der Waals surface area contributed by atoms with Gasteiger partial charge in [0.05, 0.1) is 0 Å². The first-order valence-electron chi connectivity index (χ1n) is 6.14. The molecule has 0 heterocycles. The lowest BCUT2D eigenvalue weighted by Crippen LogP contribution is -2.34. The molecule has 1 unspecified atom stereocenters. The number of halogens is 4. The van der Waals surface area contributed by atoms with Crippen LogP contribution in [0.15, 0.2) is 0 Å². The van der Waals surface area contributed by atoms with E-state index >= 15 is 0 Å². The summed E-state index contributed by atoms with van der Waals surface area (Å²) >= 11 is 0. The zero-order valence-electron chi connectivity index (χ0n) is 9.32. The normalized spacial score (nSPS) is 34.9. The Morgan fingerprint density at radius 1 is 0.688 bits per heavy atom. The van der Waals surface area contributed by atoms with Crippen molar-refractivity contribution in [2.24, 2.45) is 11.8 Å². The molecule has 0 amide bonds. The van der Waals surface area contributed by atoms with Crippen LogP contribution in [0.4, 0.5) is 17.6 Å². The third-order valence-electron chi connectivity index (χ3n) is 4.11. The molecule has 0 spiro atoms. The van der Waals surface area contributed by atoms with Crippen LogP contribution < -0.4 is 0 Å². The highest BCUT2D eigenvalue weighted by molar-refractivity contribution is 4.87. The number of alkyl halides is 4. The second-order valence-electron chi connectivity index (χ2n) is 5.41. The zero-order valence-corrected chi connectivity index (χ0v) is 9.32. The molecule has 0 aromatic heterocycles. The molecule has 2 rings (SSSR count). The summed E-state index contributed by atoms with van der Waals surface area (Å²) < 4.78 is 52.3. The molecule has 2 fully saturated rings. The van der Waals surface area contributed by atoms with Crippen LogP contribution in [-0.4, -0.2) is 11.8 Å². The van der Waals surface area contributed by atoms with E-state index in [1.54, 1.807) is 0 Å². The fraction of sp³-hybridized carbons (Fsp3) is 1.00. The molecule has 0 radical (unpaired) electrons. The van der Waals surface area contributed by atoms with Crippen molar-refractivity contribution >= 4 is 0 Å². The van der Waals surface area contributed by atoms with E-state index < -0.39 is 11.8 Å². The fourth-order valence-corrected chi connectivity index (χ4v) is 3.15. The van der Waals surface area contributed by atoms with E-state index in [1.807, 2.05) is 0 Å². The Kier molecular flexibility index (Phi) is 3.19. The van der Waals surface area contributed by atoms with Gasteiger partial charge in [-0.25, -0.2) is 17.6 Å². The van der Waals surface area contributed by atoms with Gasteiger partial charge in [0.15, 0.2) is 0 Å². The van der Waals surface area contributed by atoms with E-state index in [2.05, 4.69) is 0 Å². The molecule has 94 valence electrons. The standard InChI is InChI=1S/C12H18F4/c13-11(14)6-3-9(4-7-11)10-2-1-5-12(15,16)8-10/h9-10H,1-8H2. The quantitative estimate of drug-likeness (QED) is 0.584. The van der Waals surface area contributed by atoms with Gasteiger partial charge in [0, 0.05) is 25.7 Å². The Hall–Kier alpha value is -0.280. The van der Waals surface area contributed by atoms with Crippen LogP contribution in [0.5, 0.6) is 0 Å². The van der Waals surface area contributed by atoms with Gasteiger partial charge < -0.3 is 0 Å². The average Bonchev–Trinajstić information content (AvgIpc) is 2.16. The van der Waals surface area contributed by atoms with E-state index in [9.17, 15) is 17.6 Å². The van der Waals surface area contributed by atoms with Crippen molar-refractivity contribution in [1.82, 2.24) is 0 Å². The van der Waals surface area contributed by atoms with Crippen molar-refractivity contribution in [3.05, 3.63) is 0 Å². The van der Waals surface area contributed by atoms with Crippen molar-refractivity contribution in [2.75, 3.05) is 0 Å². The predicted molar refractivity (Wildman–Crippen MR) is 53.8 cm³/mol. The first kappa shape index (κ1) is 12.2. The Morgan fingerprint density at radius 3 is 1.88 bits per heavy atom. The zero-order chi connectivity index (χ0) is 11.8. The van der Waals surface area contributed by atoms with Gasteiger partial charge >= 0.3 is 0 Å². The summed E-state index contributed by atoms with van der Waals surface area (Å²) in [5.41, 5.74) is 0. The summed E-state index contributed by atoms with van der Waals surface area (Å²) in [6.45, 7) is 0. The molecule has 0 bridgehead atoms. The Bertz CT molecular complexity index is 239. The van der Waals surface area contributed by atoms with Crippen LogP contribution >= 0.6 is 0 Å². The van der Waals surface area contributed by atoms with Gasteiger partial charge in [0.2, 0.25) is 11.8 Å². The van der Waals surface area contributed by atoms with Gasteiger partial charge in [-0.05, 0) is 37.5 Å². The Labute approximate surface area is 93.4 Å². The van der Waals surface area contributed by atoms with Gasteiger partial charge in [-0.1, -0.05) is 0 Å². The van der Waals surface area contributed by atoms with Crippen molar-refractivity contribution < 1.29 is 17.6 Å². The van der Waals surface area contributed by atoms with Crippen molar-refractivity contribution in [2.45, 2.75) is 63.2 Å². The molecule has 0 aromatic rings. The van der Waals surface area contributed by atoms with E-state index in [-0.39, 0.29) is 37.5 Å². The SMILES string of the molecule is FC1(F)CCC(C2CCCC(F)(F)C2)CC1. The molecule has 2 saturated carbocycles. The van der Waals surface area contributed by atoms with Crippen LogP contribution in [0, 0.1) is 11.8 Å². The maximum atomic E-state index is 13.2. The van der Waals surface area contributed by atoms with E-state index in [0.29, 0.717) is 19.3 Å². The molecular weight excluding hydrogens is 220 g/mol. The van der Waals surface area contributed by atoms with Gasteiger partial charge in [0.25, 0.3) is 0 Å². The van der Waals surface area contributed by atoms with Gasteiger partial charge in [-0.2, -0.15) is 0 Å². The Balaban J connectivity index is 1.89. The smallest absolute Gasteiger partial charge is 0.207 e. The van der Waals surface area contributed by atoms with Crippen LogP contribution in [0.3, 0.4) is 0 Å². The molecule has 0 nitrogen and oxygen atoms in total. The lowest BCUT2D eigenvalue weighted by atomic mass is 9.72. The third-order valence-corrected chi connectivity index (χ3v) is 4.11. The molecular formula is C12H18F4. The van der Waals surface area contributed by atoms with Gasteiger partial charge in [-0.15, -0.1) is 0 Å². The largest absolute Gasteiger partial charge is 0.248 e. The van der Waals surface area contributed by atoms with E-state index in [4.69, 9.17) is 0 Å². The minimum absolute atomic E-state index is 0.0214. The maximum Gasteiger partial charge on any atom is 0.248 e. The highest BCUT2D eigenvalue weighted by atomic mass is 19.3. The van der Waals surface area contributed by atoms with Crippen LogP contribution in [-0.2, 0) is 0 Å². The average molecular weight is 238 g/mol. The summed E-state index contributed by atoms with van der Waals surface area (Å²) in [6, 6.07) is 0. The molecule has 0 N–H and O–H groups in total. The minimum atomic E-state index is -2.55. The molecule has 4 heteroatoms. The van der Waals surface area contributed by atoms with Crippen molar-refractivity contribution in [3.8, 4) is 0 Å². The van der Waals surface area contributed by atoms with E-state index in [0.717, 1.165) is 6.42 Å². The van der Waals surface area contributed by atoms with Crippen molar-refractivity contribution in [1.29, 1.82) is 0 Å². The second kappa shape index (κ2) is 4.19. The fourth-order valence-electron chi connectivity index (χ4n) is 3.15. The summed E-state index contributed by atoms with van der Waals surface area (Å²) in [7, 11) is 0. The molecule has 0 aromatic carbocycles. The van der Waals surface area contributed by atoms with Crippen molar-refractivity contribution in [3.63, 3.8) is 0 Å². The third kappa shape index (κ3) is 2.89. The molecule has 16 heavy (non-hydrogen) atoms. The molecule has 0 saturated heterocycles. The van der Waals surface area contributed by atoms with Crippen LogP contribution in [0.2, 0.25) is 0 Å². The summed E-state index contributed by atoms with van der Waals surface area (Å²) in [5, 5.41) is 0. The maximum absolute atomic E-state index is 13.2. The molecule has 0 aliphatic heterocycles. The van der Waals surface area contributed by atoms with Crippen LogP contribution in [0.1, 0.15) is 51.4 Å². The highest BCUT2D eigenvalue weighted by Gasteiger charge is 2.43. The highest BCUT2D eigenvalue weighted by Crippen LogP contribution is 2.46. The van der Waals surface area contributed by atoms with Crippen LogP contribution in [0.25, 0.3) is 0 Å². The molecule has 1 atom stereocenters. The predicted octanol–water partition coefficient (Wildman–Crippen LogP) is 4.64. The lowest BCUT2D eigenvalue weighted by molar-refractivity contribution is -0.0851. The van der Waals surface area contributed by atoms with E-state index in [1.165, 1.54) is 0 Å². The summed E-state index contributed by atoms with van der Waals surface area (Å²) in [5.74, 6) is -5.03. The Morgan fingerprint density at radius 2 is 1.31 bits per heavy atom. The summed E-state index contributed by atoms with van der Waals surface area (Å²) in [4.78, 5) is 0. The molecule has 2 aliphatic carbocycles. The number of rotatable bonds is 1. The van der Waals surface area contributed by atoms with Gasteiger partial charge in [0.1, 0.15) is 0 Å². The first-order chi connectivity index (χ1) is 7.38. The topological polar surface area (TPSA) is 0 Å². The number of hydrogen-bond donors (Lipinski definition) is 0. The number of hydrogen-bond acceptors (Lipinski definition) is 0. The second-order valence-corrected chi connectivity index (χ2v) is 5.41. The minimum Gasteiger partial charge on any atom is -0.207 e. The first-order valence-corrected chi connectivity index (χ1v) is 6.14. The molecule has 2 aliphatic rings. The summed E-state index contributed by atoms with van der Waals surface area (Å²) in [6.07, 6.45) is 1.87.